The Labute approximate surface area is 101 Å². The highest BCUT2D eigenvalue weighted by Crippen LogP contribution is 2.18. The molecule has 90 valence electrons. The van der Waals surface area contributed by atoms with Crippen LogP contribution in [-0.4, -0.2) is 18.9 Å². The minimum Gasteiger partial charge on any atom is -0.355 e. The lowest BCUT2D eigenvalue weighted by Crippen LogP contribution is -2.20. The van der Waals surface area contributed by atoms with E-state index >= 15 is 0 Å². The first-order valence-corrected chi connectivity index (χ1v) is 5.35. The van der Waals surface area contributed by atoms with Crippen LogP contribution in [0.5, 0.6) is 0 Å². The lowest BCUT2D eigenvalue weighted by molar-refractivity contribution is -0.111. The van der Waals surface area contributed by atoms with Gasteiger partial charge in [0.1, 0.15) is 0 Å². The number of rotatable bonds is 3. The third-order valence-corrected chi connectivity index (χ3v) is 2.38. The number of benzene rings is 1. The Bertz CT molecular complexity index is 464. The fourth-order valence-corrected chi connectivity index (χ4v) is 1.48. The van der Waals surface area contributed by atoms with Crippen molar-refractivity contribution >= 4 is 17.5 Å². The van der Waals surface area contributed by atoms with Crippen molar-refractivity contribution in [3.8, 4) is 0 Å². The Balaban J connectivity index is 3.02. The summed E-state index contributed by atoms with van der Waals surface area (Å²) in [5.74, 6) is -0.366. The smallest absolute Gasteiger partial charge is 0.251 e. The molecule has 0 aromatic heterocycles. The summed E-state index contributed by atoms with van der Waals surface area (Å²) in [5, 5.41) is 5.29. The first-order valence-electron chi connectivity index (χ1n) is 5.35. The Morgan fingerprint density at radius 2 is 2.00 bits per heavy atom. The number of carbonyl (C=O) groups excluding carboxylic acids is 2. The molecular weight excluding hydrogens is 216 g/mol. The molecule has 0 saturated carbocycles. The summed E-state index contributed by atoms with van der Waals surface area (Å²) in [6.45, 7) is 3.57. The molecule has 4 heteroatoms. The summed E-state index contributed by atoms with van der Waals surface area (Å²) < 4.78 is 0. The van der Waals surface area contributed by atoms with Gasteiger partial charge in [-0.25, -0.2) is 0 Å². The van der Waals surface area contributed by atoms with E-state index in [0.29, 0.717) is 11.3 Å². The topological polar surface area (TPSA) is 58.2 Å². The molecule has 1 aromatic carbocycles. The van der Waals surface area contributed by atoms with E-state index in [1.165, 1.54) is 6.08 Å². The quantitative estimate of drug-likeness (QED) is 0.782. The predicted octanol–water partition coefficient (Wildman–Crippen LogP) is 1.87. The van der Waals surface area contributed by atoms with Crippen molar-refractivity contribution in [2.24, 2.45) is 0 Å². The molecule has 0 unspecified atom stereocenters. The molecule has 17 heavy (non-hydrogen) atoms. The van der Waals surface area contributed by atoms with Crippen molar-refractivity contribution in [3.63, 3.8) is 0 Å². The number of amides is 2. The normalized spacial score (nSPS) is 10.3. The van der Waals surface area contributed by atoms with E-state index in [9.17, 15) is 9.59 Å². The van der Waals surface area contributed by atoms with Gasteiger partial charge in [0.2, 0.25) is 5.91 Å². The second kappa shape index (κ2) is 5.84. The maximum Gasteiger partial charge on any atom is 0.251 e. The monoisotopic (exact) mass is 232 g/mol. The largest absolute Gasteiger partial charge is 0.355 e. The summed E-state index contributed by atoms with van der Waals surface area (Å²) in [6, 6.07) is 5.23. The van der Waals surface area contributed by atoms with Crippen LogP contribution < -0.4 is 10.6 Å². The van der Waals surface area contributed by atoms with Crippen LogP contribution in [0.2, 0.25) is 0 Å². The Morgan fingerprint density at radius 1 is 1.29 bits per heavy atom. The van der Waals surface area contributed by atoms with Crippen molar-refractivity contribution in [3.05, 3.63) is 41.5 Å². The molecule has 0 bridgehead atoms. The molecule has 2 amide bonds. The number of carbonyl (C=O) groups is 2. The zero-order valence-electron chi connectivity index (χ0n) is 10.2. The highest BCUT2D eigenvalue weighted by Gasteiger charge is 2.10. The van der Waals surface area contributed by atoms with Crippen LogP contribution in [-0.2, 0) is 4.79 Å². The van der Waals surface area contributed by atoms with Crippen molar-refractivity contribution in [2.75, 3.05) is 12.4 Å². The molecule has 0 aliphatic rings. The number of allylic oxidation sites excluding steroid dienone is 1. The molecule has 0 spiro atoms. The number of anilines is 1. The maximum absolute atomic E-state index is 11.6. The predicted molar refractivity (Wildman–Crippen MR) is 68.0 cm³/mol. The Kier molecular flexibility index (Phi) is 4.46. The van der Waals surface area contributed by atoms with Crippen LogP contribution in [0, 0.1) is 6.92 Å². The molecule has 0 fully saturated rings. The molecule has 0 heterocycles. The first kappa shape index (κ1) is 13.0. The Morgan fingerprint density at radius 3 is 2.59 bits per heavy atom. The lowest BCUT2D eigenvalue weighted by atomic mass is 10.1. The van der Waals surface area contributed by atoms with E-state index in [2.05, 4.69) is 10.6 Å². The van der Waals surface area contributed by atoms with Gasteiger partial charge >= 0.3 is 0 Å². The Hall–Kier alpha value is -2.10. The van der Waals surface area contributed by atoms with Crippen LogP contribution in [0.15, 0.2) is 30.4 Å². The summed E-state index contributed by atoms with van der Waals surface area (Å²) >= 11 is 0. The zero-order valence-corrected chi connectivity index (χ0v) is 10.2. The van der Waals surface area contributed by atoms with Crippen LogP contribution in [0.4, 0.5) is 5.69 Å². The zero-order chi connectivity index (χ0) is 12.8. The summed E-state index contributed by atoms with van der Waals surface area (Å²) in [7, 11) is 1.58. The van der Waals surface area contributed by atoms with Crippen LogP contribution >= 0.6 is 0 Å². The average Bonchev–Trinajstić information content (AvgIpc) is 2.31. The van der Waals surface area contributed by atoms with Gasteiger partial charge in [-0.15, -0.1) is 0 Å². The first-order chi connectivity index (χ1) is 8.10. The van der Waals surface area contributed by atoms with Crippen molar-refractivity contribution in [1.29, 1.82) is 0 Å². The molecule has 0 saturated heterocycles. The van der Waals surface area contributed by atoms with E-state index < -0.39 is 0 Å². The van der Waals surface area contributed by atoms with E-state index in [0.717, 1.165) is 5.56 Å². The third kappa shape index (κ3) is 3.17. The van der Waals surface area contributed by atoms with Gasteiger partial charge in [-0.1, -0.05) is 12.1 Å². The van der Waals surface area contributed by atoms with E-state index in [-0.39, 0.29) is 11.8 Å². The highest BCUT2D eigenvalue weighted by molar-refractivity contribution is 6.02. The van der Waals surface area contributed by atoms with E-state index in [4.69, 9.17) is 0 Å². The minimum atomic E-state index is -0.204. The second-order valence-corrected chi connectivity index (χ2v) is 3.55. The average molecular weight is 232 g/mol. The van der Waals surface area contributed by atoms with Gasteiger partial charge in [0.15, 0.2) is 0 Å². The van der Waals surface area contributed by atoms with Crippen molar-refractivity contribution in [2.45, 2.75) is 13.8 Å². The highest BCUT2D eigenvalue weighted by atomic mass is 16.2. The van der Waals surface area contributed by atoms with Crippen LogP contribution in [0.1, 0.15) is 22.8 Å². The molecule has 0 radical (unpaired) electrons. The van der Waals surface area contributed by atoms with Gasteiger partial charge in [-0.05, 0) is 37.6 Å². The maximum atomic E-state index is 11.6. The van der Waals surface area contributed by atoms with Crippen molar-refractivity contribution in [1.82, 2.24) is 5.32 Å². The SMILES string of the molecule is CC=CC(=O)Nc1cccc(C(=O)NC)c1C. The van der Waals surface area contributed by atoms with Gasteiger partial charge < -0.3 is 10.6 Å². The second-order valence-electron chi connectivity index (χ2n) is 3.55. The third-order valence-electron chi connectivity index (χ3n) is 2.38. The van der Waals surface area contributed by atoms with E-state index in [1.54, 1.807) is 45.2 Å². The van der Waals surface area contributed by atoms with Crippen LogP contribution in [0.3, 0.4) is 0 Å². The van der Waals surface area contributed by atoms with Crippen molar-refractivity contribution < 1.29 is 9.59 Å². The van der Waals surface area contributed by atoms with Gasteiger partial charge in [-0.3, -0.25) is 9.59 Å². The molecule has 4 nitrogen and oxygen atoms in total. The number of nitrogens with one attached hydrogen (secondary N) is 2. The number of hydrogen-bond donors (Lipinski definition) is 2. The summed E-state index contributed by atoms with van der Waals surface area (Å²) in [6.07, 6.45) is 3.10. The number of hydrogen-bond acceptors (Lipinski definition) is 2. The molecule has 1 aromatic rings. The molecule has 0 atom stereocenters. The van der Waals surface area contributed by atoms with Gasteiger partial charge in [0.25, 0.3) is 5.91 Å². The van der Waals surface area contributed by atoms with Gasteiger partial charge in [0, 0.05) is 18.3 Å². The molecular formula is C13H16N2O2. The van der Waals surface area contributed by atoms with Gasteiger partial charge in [0.05, 0.1) is 0 Å². The standard InChI is InChI=1S/C13H16N2O2/c1-4-6-12(16)15-11-8-5-7-10(9(11)2)13(17)14-3/h4-8H,1-3H3,(H,14,17)(H,15,16). The lowest BCUT2D eigenvalue weighted by Gasteiger charge is -2.10. The van der Waals surface area contributed by atoms with Gasteiger partial charge in [-0.2, -0.15) is 0 Å². The summed E-state index contributed by atoms with van der Waals surface area (Å²) in [5.41, 5.74) is 1.96. The molecule has 0 aliphatic heterocycles. The van der Waals surface area contributed by atoms with E-state index in [1.807, 2.05) is 0 Å². The fourth-order valence-electron chi connectivity index (χ4n) is 1.48. The molecule has 0 aliphatic carbocycles. The van der Waals surface area contributed by atoms with Crippen LogP contribution in [0.25, 0.3) is 0 Å². The minimum absolute atomic E-state index is 0.162. The molecule has 1 rings (SSSR count). The molecule has 2 N–H and O–H groups in total. The fraction of sp³-hybridized carbons (Fsp3) is 0.231. The summed E-state index contributed by atoms with van der Waals surface area (Å²) in [4.78, 5) is 23.0.